The summed E-state index contributed by atoms with van der Waals surface area (Å²) in [4.78, 5) is 14.9. The molecular formula is C10H14N2O. The van der Waals surface area contributed by atoms with Crippen molar-refractivity contribution in [2.24, 2.45) is 0 Å². The van der Waals surface area contributed by atoms with Gasteiger partial charge in [-0.2, -0.15) is 0 Å². The first kappa shape index (κ1) is 9.71. The van der Waals surface area contributed by atoms with Crippen LogP contribution in [0.25, 0.3) is 0 Å². The maximum atomic E-state index is 10.6. The molecule has 3 heteroatoms. The van der Waals surface area contributed by atoms with Crippen LogP contribution in [0.1, 0.15) is 29.9 Å². The number of hydrogen-bond acceptors (Lipinski definition) is 3. The summed E-state index contributed by atoms with van der Waals surface area (Å²) in [6.07, 6.45) is 0.817. The first-order chi connectivity index (χ1) is 6.13. The summed E-state index contributed by atoms with van der Waals surface area (Å²) in [7, 11) is 0. The van der Waals surface area contributed by atoms with Gasteiger partial charge in [0.25, 0.3) is 0 Å². The zero-order chi connectivity index (χ0) is 9.84. The second-order valence-electron chi connectivity index (χ2n) is 3.31. The molecule has 1 aromatic rings. The van der Waals surface area contributed by atoms with E-state index < -0.39 is 0 Å². The molecule has 0 bridgehead atoms. The smallest absolute Gasteiger partial charge is 0.153 e. The van der Waals surface area contributed by atoms with E-state index in [-0.39, 0.29) is 6.04 Å². The van der Waals surface area contributed by atoms with Gasteiger partial charge < -0.3 is 5.32 Å². The van der Waals surface area contributed by atoms with Crippen molar-refractivity contribution in [1.29, 1.82) is 0 Å². The monoisotopic (exact) mass is 178 g/mol. The average molecular weight is 178 g/mol. The van der Waals surface area contributed by atoms with Crippen LogP contribution in [0.2, 0.25) is 0 Å². The zero-order valence-electron chi connectivity index (χ0n) is 8.16. The van der Waals surface area contributed by atoms with Gasteiger partial charge >= 0.3 is 0 Å². The fourth-order valence-electron chi connectivity index (χ4n) is 1.05. The molecule has 0 aliphatic heterocycles. The molecule has 0 unspecified atom stereocenters. The first-order valence-corrected chi connectivity index (χ1v) is 4.33. The fraction of sp³-hybridized carbons (Fsp3) is 0.400. The second-order valence-corrected chi connectivity index (χ2v) is 3.31. The lowest BCUT2D eigenvalue weighted by molar-refractivity contribution is 0.112. The normalized spacial score (nSPS) is 10.2. The molecule has 3 nitrogen and oxygen atoms in total. The van der Waals surface area contributed by atoms with Gasteiger partial charge in [0.15, 0.2) is 6.29 Å². The Morgan fingerprint density at radius 2 is 2.15 bits per heavy atom. The highest BCUT2D eigenvalue weighted by Gasteiger charge is 2.03. The Hall–Kier alpha value is -1.38. The van der Waals surface area contributed by atoms with Crippen molar-refractivity contribution < 1.29 is 4.79 Å². The Kier molecular flexibility index (Phi) is 3.01. The van der Waals surface area contributed by atoms with E-state index in [1.54, 1.807) is 6.07 Å². The molecule has 1 N–H and O–H groups in total. The minimum Gasteiger partial charge on any atom is -0.367 e. The summed E-state index contributed by atoms with van der Waals surface area (Å²) in [6, 6.07) is 3.89. The minimum atomic E-state index is 0.285. The molecule has 70 valence electrons. The third-order valence-corrected chi connectivity index (χ3v) is 1.62. The van der Waals surface area contributed by atoms with Crippen molar-refractivity contribution in [3.63, 3.8) is 0 Å². The summed E-state index contributed by atoms with van der Waals surface area (Å²) < 4.78 is 0. The lowest BCUT2D eigenvalue weighted by Crippen LogP contribution is -2.13. The second kappa shape index (κ2) is 4.03. The highest BCUT2D eigenvalue weighted by atomic mass is 16.1. The molecule has 1 aromatic heterocycles. The molecule has 13 heavy (non-hydrogen) atoms. The third kappa shape index (κ3) is 2.54. The van der Waals surface area contributed by atoms with Gasteiger partial charge in [0.1, 0.15) is 5.82 Å². The number of rotatable bonds is 3. The standard InChI is InChI=1S/C10H14N2O/c1-7(2)11-10-9(6-13)5-4-8(3)12-10/h4-7H,1-3H3,(H,11,12). The summed E-state index contributed by atoms with van der Waals surface area (Å²) in [5.41, 5.74) is 1.52. The molecule has 0 atom stereocenters. The fourth-order valence-corrected chi connectivity index (χ4v) is 1.05. The van der Waals surface area contributed by atoms with Gasteiger partial charge in [-0.25, -0.2) is 4.98 Å². The van der Waals surface area contributed by atoms with Gasteiger partial charge in [0, 0.05) is 11.7 Å². The number of anilines is 1. The van der Waals surface area contributed by atoms with Crippen LogP contribution in [0.15, 0.2) is 12.1 Å². The molecule has 0 saturated heterocycles. The van der Waals surface area contributed by atoms with Gasteiger partial charge in [-0.05, 0) is 32.9 Å². The summed E-state index contributed by atoms with van der Waals surface area (Å²) in [6.45, 7) is 5.93. The highest BCUT2D eigenvalue weighted by molar-refractivity contribution is 5.82. The van der Waals surface area contributed by atoms with Crippen LogP contribution < -0.4 is 5.32 Å². The van der Waals surface area contributed by atoms with E-state index in [1.807, 2.05) is 26.8 Å². The van der Waals surface area contributed by atoms with Crippen LogP contribution in [0, 0.1) is 6.92 Å². The molecule has 0 aliphatic rings. The van der Waals surface area contributed by atoms with Gasteiger partial charge in [0.05, 0.1) is 5.56 Å². The number of carbonyl (C=O) groups excluding carboxylic acids is 1. The number of aryl methyl sites for hydroxylation is 1. The third-order valence-electron chi connectivity index (χ3n) is 1.62. The van der Waals surface area contributed by atoms with Crippen molar-refractivity contribution in [2.45, 2.75) is 26.8 Å². The van der Waals surface area contributed by atoms with Gasteiger partial charge in [-0.3, -0.25) is 4.79 Å². The first-order valence-electron chi connectivity index (χ1n) is 4.33. The lowest BCUT2D eigenvalue weighted by Gasteiger charge is -2.11. The van der Waals surface area contributed by atoms with E-state index >= 15 is 0 Å². The van der Waals surface area contributed by atoms with E-state index in [4.69, 9.17) is 0 Å². The summed E-state index contributed by atoms with van der Waals surface area (Å²) in [5, 5.41) is 3.12. The summed E-state index contributed by atoms with van der Waals surface area (Å²) in [5.74, 6) is 0.671. The van der Waals surface area contributed by atoms with Crippen molar-refractivity contribution in [1.82, 2.24) is 4.98 Å². The Morgan fingerprint density at radius 1 is 1.46 bits per heavy atom. The average Bonchev–Trinajstić information content (AvgIpc) is 2.03. The molecule has 1 heterocycles. The molecule has 0 aromatic carbocycles. The number of nitrogens with zero attached hydrogens (tertiary/aromatic N) is 1. The van der Waals surface area contributed by atoms with Gasteiger partial charge in [-0.1, -0.05) is 0 Å². The predicted octanol–water partition coefficient (Wildman–Crippen LogP) is 2.02. The predicted molar refractivity (Wildman–Crippen MR) is 53.1 cm³/mol. The molecule has 0 fully saturated rings. The Balaban J connectivity index is 3.01. The topological polar surface area (TPSA) is 42.0 Å². The quantitative estimate of drug-likeness (QED) is 0.720. The molecule has 0 saturated carbocycles. The van der Waals surface area contributed by atoms with Crippen molar-refractivity contribution in [3.8, 4) is 0 Å². The minimum absolute atomic E-state index is 0.285. The highest BCUT2D eigenvalue weighted by Crippen LogP contribution is 2.11. The number of carbonyl (C=O) groups is 1. The van der Waals surface area contributed by atoms with E-state index in [0.29, 0.717) is 11.4 Å². The van der Waals surface area contributed by atoms with E-state index in [2.05, 4.69) is 10.3 Å². The van der Waals surface area contributed by atoms with Crippen molar-refractivity contribution in [2.75, 3.05) is 5.32 Å². The van der Waals surface area contributed by atoms with Crippen LogP contribution in [-0.2, 0) is 0 Å². The maximum absolute atomic E-state index is 10.6. The van der Waals surface area contributed by atoms with Crippen molar-refractivity contribution in [3.05, 3.63) is 23.4 Å². The van der Waals surface area contributed by atoms with Crippen LogP contribution in [-0.4, -0.2) is 17.3 Å². The Bertz CT molecular complexity index is 308. The van der Waals surface area contributed by atoms with Gasteiger partial charge in [-0.15, -0.1) is 0 Å². The van der Waals surface area contributed by atoms with Crippen LogP contribution in [0.3, 0.4) is 0 Å². The maximum Gasteiger partial charge on any atom is 0.153 e. The number of nitrogens with one attached hydrogen (secondary N) is 1. The number of aldehydes is 1. The van der Waals surface area contributed by atoms with Gasteiger partial charge in [0.2, 0.25) is 0 Å². The van der Waals surface area contributed by atoms with E-state index in [0.717, 1.165) is 12.0 Å². The zero-order valence-corrected chi connectivity index (χ0v) is 8.16. The van der Waals surface area contributed by atoms with E-state index in [9.17, 15) is 4.79 Å². The number of hydrogen-bond donors (Lipinski definition) is 1. The number of aromatic nitrogens is 1. The van der Waals surface area contributed by atoms with Crippen LogP contribution in [0.5, 0.6) is 0 Å². The summed E-state index contributed by atoms with van der Waals surface area (Å²) >= 11 is 0. The molecule has 0 spiro atoms. The molecule has 1 rings (SSSR count). The van der Waals surface area contributed by atoms with Crippen LogP contribution in [0.4, 0.5) is 5.82 Å². The number of pyridine rings is 1. The molecular weight excluding hydrogens is 164 g/mol. The Labute approximate surface area is 78.2 Å². The Morgan fingerprint density at radius 3 is 2.69 bits per heavy atom. The largest absolute Gasteiger partial charge is 0.367 e. The van der Waals surface area contributed by atoms with Crippen molar-refractivity contribution >= 4 is 12.1 Å². The SMILES string of the molecule is Cc1ccc(C=O)c(NC(C)C)n1. The van der Waals surface area contributed by atoms with Crippen LogP contribution >= 0.6 is 0 Å². The van der Waals surface area contributed by atoms with E-state index in [1.165, 1.54) is 0 Å². The molecule has 0 aliphatic carbocycles. The molecule has 0 amide bonds. The lowest BCUT2D eigenvalue weighted by atomic mass is 10.2. The molecule has 0 radical (unpaired) electrons.